The summed E-state index contributed by atoms with van der Waals surface area (Å²) < 4.78 is 5.58. The lowest BCUT2D eigenvalue weighted by molar-refractivity contribution is -0.137. The molecule has 2 aliphatic rings. The molecule has 0 bridgehead atoms. The fourth-order valence-corrected chi connectivity index (χ4v) is 4.20. The molecule has 6 nitrogen and oxygen atoms in total. The number of aryl methyl sites for hydroxylation is 1. The monoisotopic (exact) mass is 352 g/mol. The molecular weight excluding hydrogens is 328 g/mol. The van der Waals surface area contributed by atoms with Crippen LogP contribution in [0.1, 0.15) is 30.2 Å². The number of aromatic nitrogens is 2. The van der Waals surface area contributed by atoms with Gasteiger partial charge in [-0.05, 0) is 43.0 Å². The molecule has 1 N–H and O–H groups in total. The molecule has 0 radical (unpaired) electrons. The summed E-state index contributed by atoms with van der Waals surface area (Å²) in [7, 11) is 0. The van der Waals surface area contributed by atoms with Crippen molar-refractivity contribution in [3.05, 3.63) is 48.4 Å². The molecule has 0 spiro atoms. The van der Waals surface area contributed by atoms with Crippen LogP contribution in [0, 0.1) is 12.8 Å². The van der Waals surface area contributed by atoms with E-state index < -0.39 is 0 Å². The van der Waals surface area contributed by atoms with Gasteiger partial charge < -0.3 is 14.6 Å². The Kier molecular flexibility index (Phi) is 4.59. The van der Waals surface area contributed by atoms with Gasteiger partial charge in [-0.25, -0.2) is 0 Å². The highest BCUT2D eigenvalue weighted by Crippen LogP contribution is 2.39. The smallest absolute Gasteiger partial charge is 0.247 e. The molecule has 3 atom stereocenters. The van der Waals surface area contributed by atoms with Crippen molar-refractivity contribution in [1.82, 2.24) is 20.4 Å². The van der Waals surface area contributed by atoms with Crippen LogP contribution in [-0.4, -0.2) is 46.7 Å². The number of carbonyl (C=O) groups is 1. The Balaban J connectivity index is 1.64. The fourth-order valence-electron chi connectivity index (χ4n) is 4.20. The number of benzene rings is 1. The molecule has 3 unspecified atom stereocenters. The van der Waals surface area contributed by atoms with Crippen molar-refractivity contribution in [2.24, 2.45) is 5.92 Å². The zero-order valence-electron chi connectivity index (χ0n) is 15.0. The number of piperidine rings is 1. The second kappa shape index (κ2) is 7.03. The zero-order valence-corrected chi connectivity index (χ0v) is 15.0. The summed E-state index contributed by atoms with van der Waals surface area (Å²) in [4.78, 5) is 14.8. The third kappa shape index (κ3) is 3.05. The van der Waals surface area contributed by atoms with E-state index in [1.165, 1.54) is 5.56 Å². The molecule has 2 fully saturated rings. The average Bonchev–Trinajstić information content (AvgIpc) is 3.31. The van der Waals surface area contributed by atoms with E-state index in [2.05, 4.69) is 34.2 Å². The maximum Gasteiger partial charge on any atom is 0.247 e. The second-order valence-electron chi connectivity index (χ2n) is 7.10. The molecule has 1 aromatic heterocycles. The molecule has 3 heterocycles. The van der Waals surface area contributed by atoms with Crippen LogP contribution in [0.5, 0.6) is 0 Å². The van der Waals surface area contributed by atoms with Gasteiger partial charge in [-0.2, -0.15) is 0 Å². The number of nitrogens with zero attached hydrogens (tertiary/aromatic N) is 3. The van der Waals surface area contributed by atoms with E-state index in [1.54, 1.807) is 6.92 Å². The first kappa shape index (κ1) is 17.0. The second-order valence-corrected chi connectivity index (χ2v) is 7.10. The molecule has 2 aliphatic heterocycles. The van der Waals surface area contributed by atoms with Gasteiger partial charge in [-0.15, -0.1) is 16.8 Å². The molecule has 0 aliphatic carbocycles. The van der Waals surface area contributed by atoms with Gasteiger partial charge in [0.25, 0.3) is 0 Å². The van der Waals surface area contributed by atoms with Crippen LogP contribution in [0.25, 0.3) is 11.5 Å². The number of nitrogens with one attached hydrogen (secondary N) is 1. The van der Waals surface area contributed by atoms with E-state index in [1.807, 2.05) is 23.1 Å². The van der Waals surface area contributed by atoms with Crippen molar-refractivity contribution in [2.75, 3.05) is 19.6 Å². The van der Waals surface area contributed by atoms with Crippen LogP contribution in [-0.2, 0) is 4.79 Å². The van der Waals surface area contributed by atoms with Gasteiger partial charge in [0.2, 0.25) is 17.7 Å². The van der Waals surface area contributed by atoms with Crippen LogP contribution in [0.15, 0.2) is 41.3 Å². The number of fused-ring (bicyclic) bond motifs is 1. The van der Waals surface area contributed by atoms with Crippen LogP contribution in [0.3, 0.4) is 0 Å². The summed E-state index contributed by atoms with van der Waals surface area (Å²) in [5, 5.41) is 11.5. The Labute approximate surface area is 153 Å². The van der Waals surface area contributed by atoms with E-state index in [0.29, 0.717) is 23.6 Å². The van der Waals surface area contributed by atoms with Gasteiger partial charge >= 0.3 is 0 Å². The van der Waals surface area contributed by atoms with Gasteiger partial charge in [0.05, 0.1) is 6.04 Å². The first-order chi connectivity index (χ1) is 12.7. The standard InChI is InChI=1S/C20H24N4O2/c1-3-4-10-24-12-17(16-8-9-21-18(16)20(24)25)14-6-5-7-15(11-14)19-23-22-13(2)26-19/h3,5-7,11,16-18,21H,1,4,8-10,12H2,2H3. The van der Waals surface area contributed by atoms with Gasteiger partial charge in [0, 0.05) is 31.5 Å². The lowest BCUT2D eigenvalue weighted by Gasteiger charge is -2.40. The molecule has 136 valence electrons. The van der Waals surface area contributed by atoms with Crippen LogP contribution >= 0.6 is 0 Å². The van der Waals surface area contributed by atoms with E-state index in [0.717, 1.165) is 38.0 Å². The summed E-state index contributed by atoms with van der Waals surface area (Å²) in [5.41, 5.74) is 2.16. The van der Waals surface area contributed by atoms with E-state index in [-0.39, 0.29) is 11.9 Å². The predicted octanol–water partition coefficient (Wildman–Crippen LogP) is 2.53. The molecule has 4 rings (SSSR count). The van der Waals surface area contributed by atoms with E-state index in [4.69, 9.17) is 4.42 Å². The Morgan fingerprint density at radius 2 is 2.31 bits per heavy atom. The number of rotatable bonds is 5. The van der Waals surface area contributed by atoms with Crippen LogP contribution in [0.4, 0.5) is 0 Å². The Morgan fingerprint density at radius 1 is 1.42 bits per heavy atom. The van der Waals surface area contributed by atoms with E-state index >= 15 is 0 Å². The third-order valence-electron chi connectivity index (χ3n) is 5.47. The van der Waals surface area contributed by atoms with Crippen molar-refractivity contribution < 1.29 is 9.21 Å². The SMILES string of the molecule is C=CCCN1CC(c2cccc(-c3nnc(C)o3)c2)C2CCNC2C1=O. The summed E-state index contributed by atoms with van der Waals surface area (Å²) >= 11 is 0. The Hall–Kier alpha value is -2.47. The molecule has 1 amide bonds. The maximum absolute atomic E-state index is 12.8. The van der Waals surface area contributed by atoms with Crippen molar-refractivity contribution in [3.8, 4) is 11.5 Å². The number of amides is 1. The minimum absolute atomic E-state index is 0.0760. The summed E-state index contributed by atoms with van der Waals surface area (Å²) in [6, 6.07) is 8.23. The molecule has 6 heteroatoms. The normalized spacial score (nSPS) is 25.3. The molecule has 2 saturated heterocycles. The van der Waals surface area contributed by atoms with Gasteiger partial charge in [-0.1, -0.05) is 18.2 Å². The van der Waals surface area contributed by atoms with E-state index in [9.17, 15) is 4.79 Å². The minimum atomic E-state index is -0.0760. The lowest BCUT2D eigenvalue weighted by Crippen LogP contribution is -2.54. The first-order valence-electron chi connectivity index (χ1n) is 9.21. The van der Waals surface area contributed by atoms with Gasteiger partial charge in [0.1, 0.15) is 0 Å². The quantitative estimate of drug-likeness (QED) is 0.837. The van der Waals surface area contributed by atoms with Gasteiger partial charge in [-0.3, -0.25) is 4.79 Å². The molecule has 26 heavy (non-hydrogen) atoms. The van der Waals surface area contributed by atoms with Crippen LogP contribution < -0.4 is 5.32 Å². The van der Waals surface area contributed by atoms with Crippen LogP contribution in [0.2, 0.25) is 0 Å². The zero-order chi connectivity index (χ0) is 18.1. The van der Waals surface area contributed by atoms with Crippen molar-refractivity contribution >= 4 is 5.91 Å². The number of likely N-dealkylation sites (tertiary alicyclic amines) is 1. The highest BCUT2D eigenvalue weighted by Gasteiger charge is 2.45. The fraction of sp³-hybridized carbons (Fsp3) is 0.450. The summed E-state index contributed by atoms with van der Waals surface area (Å²) in [6.07, 6.45) is 3.71. The molecule has 1 aromatic carbocycles. The Bertz CT molecular complexity index is 816. The molecule has 2 aromatic rings. The number of hydrogen-bond acceptors (Lipinski definition) is 5. The van der Waals surface area contributed by atoms with Gasteiger partial charge in [0.15, 0.2) is 0 Å². The number of carbonyl (C=O) groups excluding carboxylic acids is 1. The maximum atomic E-state index is 12.8. The predicted molar refractivity (Wildman–Crippen MR) is 98.5 cm³/mol. The minimum Gasteiger partial charge on any atom is -0.421 e. The Morgan fingerprint density at radius 3 is 3.08 bits per heavy atom. The summed E-state index contributed by atoms with van der Waals surface area (Å²) in [6.45, 7) is 7.95. The first-order valence-corrected chi connectivity index (χ1v) is 9.21. The number of hydrogen-bond donors (Lipinski definition) is 1. The molecular formula is C20H24N4O2. The lowest BCUT2D eigenvalue weighted by atomic mass is 9.77. The largest absolute Gasteiger partial charge is 0.421 e. The highest BCUT2D eigenvalue weighted by atomic mass is 16.4. The summed E-state index contributed by atoms with van der Waals surface area (Å²) in [5.74, 6) is 1.98. The van der Waals surface area contributed by atoms with Crippen molar-refractivity contribution in [3.63, 3.8) is 0 Å². The highest BCUT2D eigenvalue weighted by molar-refractivity contribution is 5.84. The van der Waals surface area contributed by atoms with Crippen molar-refractivity contribution in [1.29, 1.82) is 0 Å². The third-order valence-corrected chi connectivity index (χ3v) is 5.47. The van der Waals surface area contributed by atoms with Crippen molar-refractivity contribution in [2.45, 2.75) is 31.7 Å². The topological polar surface area (TPSA) is 71.3 Å². The molecule has 0 saturated carbocycles. The average molecular weight is 352 g/mol.